The number of nitrogens with one attached hydrogen (secondary N) is 1. The fourth-order valence-corrected chi connectivity index (χ4v) is 5.81. The van der Waals surface area contributed by atoms with Crippen LogP contribution in [0.4, 0.5) is 17.6 Å². The molecule has 12 heteroatoms. The number of pyridine rings is 1. The number of hydrogen-bond donors (Lipinski definition) is 3. The van der Waals surface area contributed by atoms with Gasteiger partial charge in [-0.1, -0.05) is 37.3 Å². The number of methoxy groups -OCH3 is 1. The van der Waals surface area contributed by atoms with Gasteiger partial charge >= 0.3 is 6.18 Å². The molecule has 49 heavy (non-hydrogen) atoms. The first-order valence-corrected chi connectivity index (χ1v) is 15.8. The summed E-state index contributed by atoms with van der Waals surface area (Å²) in [6.07, 6.45) is -6.95. The molecule has 2 heterocycles. The molecule has 0 radical (unpaired) electrons. The Labute approximate surface area is 281 Å². The molecule has 0 fully saturated rings. The van der Waals surface area contributed by atoms with E-state index in [1.54, 1.807) is 0 Å². The number of aliphatic hydroxyl groups is 2. The highest BCUT2D eigenvalue weighted by atomic mass is 19.4. The average molecular weight is 683 g/mol. The predicted molar refractivity (Wildman–Crippen MR) is 174 cm³/mol. The second-order valence-corrected chi connectivity index (χ2v) is 12.3. The van der Waals surface area contributed by atoms with Gasteiger partial charge in [0.1, 0.15) is 23.9 Å². The molecule has 3 aromatic carbocycles. The lowest BCUT2D eigenvalue weighted by Crippen LogP contribution is -2.44. The Morgan fingerprint density at radius 1 is 1.06 bits per heavy atom. The zero-order valence-electron chi connectivity index (χ0n) is 27.3. The van der Waals surface area contributed by atoms with E-state index in [-0.39, 0.29) is 54.4 Å². The summed E-state index contributed by atoms with van der Waals surface area (Å²) in [5.74, 6) is -0.584. The smallest absolute Gasteiger partial charge is 0.422 e. The number of alkyl halides is 3. The summed E-state index contributed by atoms with van der Waals surface area (Å²) in [6, 6.07) is 20.0. The normalized spacial score (nSPS) is 17.5. The molecule has 0 aliphatic carbocycles. The fourth-order valence-electron chi connectivity index (χ4n) is 5.81. The highest BCUT2D eigenvalue weighted by Crippen LogP contribution is 2.49. The Morgan fingerprint density at radius 2 is 1.78 bits per heavy atom. The summed E-state index contributed by atoms with van der Waals surface area (Å²) in [5, 5.41) is 24.0. The topological polar surface area (TPSA) is 110 Å². The minimum absolute atomic E-state index is 0.0181. The Morgan fingerprint density at radius 3 is 2.43 bits per heavy atom. The van der Waals surface area contributed by atoms with Gasteiger partial charge in [-0.25, -0.2) is 9.37 Å². The van der Waals surface area contributed by atoms with Crippen molar-refractivity contribution in [1.82, 2.24) is 10.3 Å². The first kappa shape index (κ1) is 35.8. The van der Waals surface area contributed by atoms with E-state index in [1.165, 1.54) is 43.5 Å². The molecule has 3 N–H and O–H groups in total. The van der Waals surface area contributed by atoms with E-state index < -0.39 is 47.3 Å². The van der Waals surface area contributed by atoms with Gasteiger partial charge in [0.2, 0.25) is 5.60 Å². The number of nitrogens with zero attached hydrogens (tertiary/aromatic N) is 1. The third-order valence-electron chi connectivity index (χ3n) is 8.81. The van der Waals surface area contributed by atoms with Crippen LogP contribution in [0, 0.1) is 5.82 Å². The number of aliphatic hydroxyl groups excluding tert-OH is 1. The predicted octanol–water partition coefficient (Wildman–Crippen LogP) is 6.68. The van der Waals surface area contributed by atoms with E-state index in [4.69, 9.17) is 19.3 Å². The molecule has 5 rings (SSSR count). The third kappa shape index (κ3) is 7.56. The highest BCUT2D eigenvalue weighted by molar-refractivity contribution is 5.96. The number of benzene rings is 3. The molecule has 3 atom stereocenters. The average Bonchev–Trinajstić information content (AvgIpc) is 3.44. The van der Waals surface area contributed by atoms with Crippen LogP contribution in [-0.2, 0) is 11.0 Å². The molecule has 8 nitrogen and oxygen atoms in total. The number of rotatable bonds is 14. The molecule has 1 aromatic heterocycles. The van der Waals surface area contributed by atoms with Crippen molar-refractivity contribution in [3.63, 3.8) is 0 Å². The van der Waals surface area contributed by atoms with Gasteiger partial charge in [-0.2, -0.15) is 13.2 Å². The van der Waals surface area contributed by atoms with Gasteiger partial charge in [0.05, 0.1) is 26.0 Å². The maximum atomic E-state index is 15.0. The monoisotopic (exact) mass is 682 g/mol. The van der Waals surface area contributed by atoms with E-state index in [2.05, 4.69) is 10.3 Å². The van der Waals surface area contributed by atoms with Crippen LogP contribution in [0.25, 0.3) is 11.3 Å². The van der Waals surface area contributed by atoms with Crippen LogP contribution in [0.15, 0.2) is 78.9 Å². The summed E-state index contributed by atoms with van der Waals surface area (Å²) in [4.78, 5) is 17.5. The van der Waals surface area contributed by atoms with E-state index in [1.807, 2.05) is 44.2 Å². The lowest BCUT2D eigenvalue weighted by molar-refractivity contribution is -0.270. The van der Waals surface area contributed by atoms with Crippen LogP contribution in [-0.4, -0.2) is 60.6 Å². The number of carbonyl (C=O) groups excluding carboxylic acids is 1. The van der Waals surface area contributed by atoms with Gasteiger partial charge in [0, 0.05) is 41.1 Å². The maximum absolute atomic E-state index is 15.0. The van der Waals surface area contributed by atoms with Gasteiger partial charge in [0.25, 0.3) is 0 Å². The minimum atomic E-state index is -5.23. The van der Waals surface area contributed by atoms with Gasteiger partial charge < -0.3 is 29.7 Å². The molecule has 0 bridgehead atoms. The lowest BCUT2D eigenvalue weighted by Gasteiger charge is -2.32. The second-order valence-electron chi connectivity index (χ2n) is 12.3. The summed E-state index contributed by atoms with van der Waals surface area (Å²) in [6.45, 7) is 3.96. The summed E-state index contributed by atoms with van der Waals surface area (Å²) < 4.78 is 75.4. The lowest BCUT2D eigenvalue weighted by atomic mass is 9.81. The highest BCUT2D eigenvalue weighted by Gasteiger charge is 2.57. The zero-order chi connectivity index (χ0) is 35.4. The third-order valence-corrected chi connectivity index (χ3v) is 8.81. The van der Waals surface area contributed by atoms with Crippen molar-refractivity contribution >= 4 is 5.78 Å². The SMILES string of the molecule is COc1cc(C(=O)CC[C@@](O)(c2cc3c(c(-c4ccc(F)cc4)n2)OC[C@]3(C)CN[C@@H](C)c2ccccc2)C(F)(F)F)ccc1OCCO. The molecule has 0 spiro atoms. The van der Waals surface area contributed by atoms with Gasteiger partial charge in [0.15, 0.2) is 17.3 Å². The van der Waals surface area contributed by atoms with Crippen molar-refractivity contribution in [2.45, 2.75) is 49.9 Å². The van der Waals surface area contributed by atoms with E-state index in [0.717, 1.165) is 17.7 Å². The molecular weight excluding hydrogens is 644 g/mol. The van der Waals surface area contributed by atoms with Crippen molar-refractivity contribution in [2.75, 3.05) is 33.5 Å². The number of fused-ring (bicyclic) bond motifs is 1. The molecule has 260 valence electrons. The molecule has 1 aliphatic rings. The van der Waals surface area contributed by atoms with Crippen molar-refractivity contribution < 1.29 is 46.8 Å². The van der Waals surface area contributed by atoms with Crippen LogP contribution in [0.1, 0.15) is 59.9 Å². The maximum Gasteiger partial charge on any atom is 0.422 e. The van der Waals surface area contributed by atoms with Crippen molar-refractivity contribution in [3.8, 4) is 28.5 Å². The largest absolute Gasteiger partial charge is 0.493 e. The zero-order valence-corrected chi connectivity index (χ0v) is 27.3. The van der Waals surface area contributed by atoms with Crippen LogP contribution in [0.3, 0.4) is 0 Å². The number of Topliss-reactive ketones (excluding diaryl/α,β-unsaturated/α-hetero) is 1. The van der Waals surface area contributed by atoms with Gasteiger partial charge in [-0.05, 0) is 67.4 Å². The van der Waals surface area contributed by atoms with Crippen LogP contribution in [0.5, 0.6) is 17.2 Å². The van der Waals surface area contributed by atoms with Crippen LogP contribution >= 0.6 is 0 Å². The van der Waals surface area contributed by atoms with E-state index in [9.17, 15) is 27.5 Å². The number of aromatic nitrogens is 1. The van der Waals surface area contributed by atoms with Gasteiger partial charge in [-0.15, -0.1) is 0 Å². The summed E-state index contributed by atoms with van der Waals surface area (Å²) >= 11 is 0. The first-order valence-electron chi connectivity index (χ1n) is 15.8. The standard InChI is InChI=1S/C37H38F4N2O6/c1-23(24-7-5-4-6-8-24)42-21-35(2)22-49-34-28(35)20-32(43-33(34)25-9-12-27(38)13-10-25)36(46,37(39,40)41)16-15-29(45)26-11-14-30(48-18-17-44)31(19-26)47-3/h4-14,19-20,23,42,44,46H,15-18,21-22H2,1-3H3/t23-,35-,36+/m0/s1. The molecule has 0 saturated carbocycles. The Kier molecular flexibility index (Phi) is 10.6. The first-order chi connectivity index (χ1) is 23.3. The van der Waals surface area contributed by atoms with E-state index >= 15 is 0 Å². The number of halogens is 4. The number of ether oxygens (including phenoxy) is 3. The molecule has 4 aromatic rings. The molecule has 0 unspecified atom stereocenters. The van der Waals surface area contributed by atoms with Crippen molar-refractivity contribution in [2.24, 2.45) is 0 Å². The molecule has 1 aliphatic heterocycles. The summed E-state index contributed by atoms with van der Waals surface area (Å²) in [7, 11) is 1.34. The Hall–Kier alpha value is -4.52. The number of hydrogen-bond acceptors (Lipinski definition) is 8. The molecule has 0 amide bonds. The van der Waals surface area contributed by atoms with Crippen LogP contribution in [0.2, 0.25) is 0 Å². The van der Waals surface area contributed by atoms with Crippen LogP contribution < -0.4 is 19.5 Å². The number of carbonyl (C=O) groups is 1. The molecular formula is C37H38F4N2O6. The molecule has 0 saturated heterocycles. The fraction of sp³-hybridized carbons (Fsp3) is 0.351. The quantitative estimate of drug-likeness (QED) is 0.0999. The minimum Gasteiger partial charge on any atom is -0.493 e. The Balaban J connectivity index is 1.51. The van der Waals surface area contributed by atoms with Gasteiger partial charge in [-0.3, -0.25) is 4.79 Å². The second kappa shape index (κ2) is 14.5. The summed E-state index contributed by atoms with van der Waals surface area (Å²) in [5.41, 5.74) is -3.31. The van der Waals surface area contributed by atoms with Crippen molar-refractivity contribution in [1.29, 1.82) is 0 Å². The Bertz CT molecular complexity index is 1770. The van der Waals surface area contributed by atoms with Crippen molar-refractivity contribution in [3.05, 3.63) is 107 Å². The number of ketones is 1. The van der Waals surface area contributed by atoms with E-state index in [0.29, 0.717) is 17.7 Å².